The topological polar surface area (TPSA) is 26.7 Å². The van der Waals surface area contributed by atoms with Crippen molar-refractivity contribution >= 4 is 0 Å². The third-order valence-corrected chi connectivity index (χ3v) is 2.50. The van der Waals surface area contributed by atoms with Crippen molar-refractivity contribution in [1.82, 2.24) is 9.80 Å². The third kappa shape index (κ3) is 5.34. The second-order valence-electron chi connectivity index (χ2n) is 3.81. The SMILES string of the molecule is OCCN1CCCN(CC(F)(F)F)CC1. The van der Waals surface area contributed by atoms with Crippen molar-refractivity contribution in [2.45, 2.75) is 12.6 Å². The zero-order chi connectivity index (χ0) is 11.3. The number of hydrogen-bond donors (Lipinski definition) is 1. The minimum absolute atomic E-state index is 0.0687. The maximum atomic E-state index is 12.1. The van der Waals surface area contributed by atoms with E-state index in [1.807, 2.05) is 4.90 Å². The molecule has 0 unspecified atom stereocenters. The van der Waals surface area contributed by atoms with Crippen molar-refractivity contribution in [2.24, 2.45) is 0 Å². The summed E-state index contributed by atoms with van der Waals surface area (Å²) in [6.07, 6.45) is -3.37. The number of halogens is 3. The molecule has 0 bridgehead atoms. The number of aliphatic hydroxyl groups is 1. The second kappa shape index (κ2) is 5.67. The number of alkyl halides is 3. The minimum atomic E-state index is -4.11. The van der Waals surface area contributed by atoms with E-state index in [-0.39, 0.29) is 6.61 Å². The molecule has 0 aromatic rings. The van der Waals surface area contributed by atoms with Gasteiger partial charge < -0.3 is 5.11 Å². The molecule has 0 atom stereocenters. The molecule has 0 saturated carbocycles. The van der Waals surface area contributed by atoms with E-state index in [4.69, 9.17) is 5.11 Å². The van der Waals surface area contributed by atoms with Crippen molar-refractivity contribution in [3.05, 3.63) is 0 Å². The molecule has 0 spiro atoms. The molecule has 1 aliphatic heterocycles. The predicted octanol–water partition coefficient (Wildman–Crippen LogP) is 0.549. The fraction of sp³-hybridized carbons (Fsp3) is 1.00. The molecule has 90 valence electrons. The first-order valence-electron chi connectivity index (χ1n) is 5.13. The van der Waals surface area contributed by atoms with Crippen LogP contribution in [0.5, 0.6) is 0 Å². The number of nitrogens with zero attached hydrogens (tertiary/aromatic N) is 2. The molecule has 1 heterocycles. The summed E-state index contributed by atoms with van der Waals surface area (Å²) >= 11 is 0. The summed E-state index contributed by atoms with van der Waals surface area (Å²) in [5.41, 5.74) is 0. The van der Waals surface area contributed by atoms with Crippen molar-refractivity contribution in [1.29, 1.82) is 0 Å². The second-order valence-corrected chi connectivity index (χ2v) is 3.81. The van der Waals surface area contributed by atoms with Crippen LogP contribution in [0.1, 0.15) is 6.42 Å². The third-order valence-electron chi connectivity index (χ3n) is 2.50. The van der Waals surface area contributed by atoms with Crippen LogP contribution in [-0.2, 0) is 0 Å². The van der Waals surface area contributed by atoms with Crippen LogP contribution in [0.2, 0.25) is 0 Å². The number of β-amino-alcohol motifs (C(OH)–C–C–N with tert-alkyl or cyclic N) is 1. The van der Waals surface area contributed by atoms with Crippen molar-refractivity contribution in [3.63, 3.8) is 0 Å². The van der Waals surface area contributed by atoms with Crippen LogP contribution < -0.4 is 0 Å². The Kier molecular flexibility index (Phi) is 4.82. The Morgan fingerprint density at radius 2 is 1.60 bits per heavy atom. The average Bonchev–Trinajstić information content (AvgIpc) is 2.29. The fourth-order valence-electron chi connectivity index (χ4n) is 1.80. The zero-order valence-corrected chi connectivity index (χ0v) is 8.63. The highest BCUT2D eigenvalue weighted by Crippen LogP contribution is 2.17. The van der Waals surface area contributed by atoms with E-state index in [0.717, 1.165) is 13.0 Å². The Morgan fingerprint density at radius 3 is 2.20 bits per heavy atom. The van der Waals surface area contributed by atoms with Gasteiger partial charge in [0.25, 0.3) is 0 Å². The Morgan fingerprint density at radius 1 is 1.00 bits per heavy atom. The van der Waals surface area contributed by atoms with Gasteiger partial charge in [0.05, 0.1) is 13.2 Å². The Bertz CT molecular complexity index is 187. The van der Waals surface area contributed by atoms with Crippen LogP contribution in [0.4, 0.5) is 13.2 Å². The number of hydrogen-bond acceptors (Lipinski definition) is 3. The van der Waals surface area contributed by atoms with Crippen molar-refractivity contribution < 1.29 is 18.3 Å². The van der Waals surface area contributed by atoms with Crippen LogP contribution in [0.3, 0.4) is 0 Å². The fourth-order valence-corrected chi connectivity index (χ4v) is 1.80. The maximum absolute atomic E-state index is 12.1. The summed E-state index contributed by atoms with van der Waals surface area (Å²) in [5.74, 6) is 0. The highest BCUT2D eigenvalue weighted by Gasteiger charge is 2.31. The molecule has 15 heavy (non-hydrogen) atoms. The predicted molar refractivity (Wildman–Crippen MR) is 50.6 cm³/mol. The normalized spacial score (nSPS) is 21.6. The first-order chi connectivity index (χ1) is 7.01. The van der Waals surface area contributed by atoms with Gasteiger partial charge in [-0.3, -0.25) is 9.80 Å². The lowest BCUT2D eigenvalue weighted by Crippen LogP contribution is -2.37. The van der Waals surface area contributed by atoms with E-state index < -0.39 is 12.7 Å². The van der Waals surface area contributed by atoms with Gasteiger partial charge in [-0.05, 0) is 19.5 Å². The molecule has 0 aliphatic carbocycles. The Hall–Kier alpha value is -0.330. The van der Waals surface area contributed by atoms with E-state index in [9.17, 15) is 13.2 Å². The summed E-state index contributed by atoms with van der Waals surface area (Å²) < 4.78 is 36.4. The molecule has 3 nitrogen and oxygen atoms in total. The van der Waals surface area contributed by atoms with Gasteiger partial charge in [0.1, 0.15) is 0 Å². The lowest BCUT2D eigenvalue weighted by Gasteiger charge is -2.22. The molecule has 1 aliphatic rings. The molecular weight excluding hydrogens is 209 g/mol. The lowest BCUT2D eigenvalue weighted by atomic mass is 10.4. The van der Waals surface area contributed by atoms with Gasteiger partial charge >= 0.3 is 6.18 Å². The van der Waals surface area contributed by atoms with E-state index >= 15 is 0 Å². The summed E-state index contributed by atoms with van der Waals surface area (Å²) in [6.45, 7) is 2.10. The van der Waals surface area contributed by atoms with Gasteiger partial charge in [-0.2, -0.15) is 13.2 Å². The van der Waals surface area contributed by atoms with E-state index in [1.54, 1.807) is 0 Å². The molecule has 1 saturated heterocycles. The summed E-state index contributed by atoms with van der Waals surface area (Å²) in [7, 11) is 0. The smallest absolute Gasteiger partial charge is 0.395 e. The van der Waals surface area contributed by atoms with Crippen LogP contribution in [-0.4, -0.2) is 67.0 Å². The molecule has 0 amide bonds. The lowest BCUT2D eigenvalue weighted by molar-refractivity contribution is -0.145. The largest absolute Gasteiger partial charge is 0.401 e. The summed E-state index contributed by atoms with van der Waals surface area (Å²) in [4.78, 5) is 3.42. The van der Waals surface area contributed by atoms with E-state index in [2.05, 4.69) is 0 Å². The standard InChI is InChI=1S/C9H17F3N2O/c10-9(11,12)8-14-3-1-2-13(4-5-14)6-7-15/h15H,1-8H2. The first kappa shape index (κ1) is 12.7. The Labute approximate surface area is 87.5 Å². The van der Waals surface area contributed by atoms with Gasteiger partial charge in [-0.15, -0.1) is 0 Å². The van der Waals surface area contributed by atoms with Gasteiger partial charge in [0.2, 0.25) is 0 Å². The van der Waals surface area contributed by atoms with Gasteiger partial charge in [0, 0.05) is 19.6 Å². The first-order valence-corrected chi connectivity index (χ1v) is 5.13. The van der Waals surface area contributed by atoms with Crippen LogP contribution >= 0.6 is 0 Å². The number of aliphatic hydroxyl groups excluding tert-OH is 1. The Balaban J connectivity index is 2.32. The van der Waals surface area contributed by atoms with Gasteiger partial charge in [-0.1, -0.05) is 0 Å². The highest BCUT2D eigenvalue weighted by molar-refractivity contribution is 4.71. The molecule has 1 N–H and O–H groups in total. The minimum Gasteiger partial charge on any atom is -0.395 e. The molecule has 1 fully saturated rings. The van der Waals surface area contributed by atoms with Crippen LogP contribution in [0.25, 0.3) is 0 Å². The quantitative estimate of drug-likeness (QED) is 0.761. The van der Waals surface area contributed by atoms with Crippen molar-refractivity contribution in [2.75, 3.05) is 45.9 Å². The van der Waals surface area contributed by atoms with E-state index in [1.165, 1.54) is 4.90 Å². The zero-order valence-electron chi connectivity index (χ0n) is 8.63. The van der Waals surface area contributed by atoms with Gasteiger partial charge in [-0.25, -0.2) is 0 Å². The maximum Gasteiger partial charge on any atom is 0.401 e. The molecule has 0 radical (unpaired) electrons. The molecule has 1 rings (SSSR count). The van der Waals surface area contributed by atoms with Gasteiger partial charge in [0.15, 0.2) is 0 Å². The number of rotatable bonds is 3. The molecular formula is C9H17F3N2O. The molecule has 6 heteroatoms. The summed E-state index contributed by atoms with van der Waals surface area (Å²) in [5, 5.41) is 8.73. The molecule has 0 aromatic heterocycles. The monoisotopic (exact) mass is 226 g/mol. The van der Waals surface area contributed by atoms with Crippen LogP contribution in [0.15, 0.2) is 0 Å². The average molecular weight is 226 g/mol. The highest BCUT2D eigenvalue weighted by atomic mass is 19.4. The summed E-state index contributed by atoms with van der Waals surface area (Å²) in [6, 6.07) is 0. The van der Waals surface area contributed by atoms with Crippen LogP contribution in [0, 0.1) is 0 Å². The van der Waals surface area contributed by atoms with Crippen molar-refractivity contribution in [3.8, 4) is 0 Å². The van der Waals surface area contributed by atoms with E-state index in [0.29, 0.717) is 26.2 Å². The molecule has 0 aromatic carbocycles.